The van der Waals surface area contributed by atoms with E-state index in [-0.39, 0.29) is 5.82 Å². The minimum absolute atomic E-state index is 0.199. The normalized spacial score (nSPS) is 10.8. The van der Waals surface area contributed by atoms with E-state index in [1.165, 1.54) is 17.0 Å². The number of hydrogen-bond acceptors (Lipinski definition) is 4. The van der Waals surface area contributed by atoms with E-state index in [2.05, 4.69) is 17.1 Å². The Kier molecular flexibility index (Phi) is 5.09. The Morgan fingerprint density at radius 3 is 2.60 bits per heavy atom. The first-order valence-corrected chi connectivity index (χ1v) is 7.54. The fourth-order valence-corrected chi connectivity index (χ4v) is 3.16. The van der Waals surface area contributed by atoms with Gasteiger partial charge in [-0.3, -0.25) is 0 Å². The maximum absolute atomic E-state index is 12.9. The van der Waals surface area contributed by atoms with Crippen LogP contribution in [0.3, 0.4) is 0 Å². The highest BCUT2D eigenvalue weighted by atomic mass is 32.1. The molecule has 0 aliphatic carbocycles. The molecule has 5 heteroatoms. The van der Waals surface area contributed by atoms with Gasteiger partial charge in [-0.25, -0.2) is 9.37 Å². The summed E-state index contributed by atoms with van der Waals surface area (Å²) in [5.74, 6) is -0.199. The summed E-state index contributed by atoms with van der Waals surface area (Å²) in [5.41, 5.74) is 2.24. The molecule has 0 aliphatic heterocycles. The molecule has 1 aromatic carbocycles. The zero-order chi connectivity index (χ0) is 14.5. The third-order valence-corrected chi connectivity index (χ3v) is 4.31. The monoisotopic (exact) mass is 293 g/mol. The number of halogens is 1. The average Bonchev–Trinajstić information content (AvgIpc) is 2.85. The van der Waals surface area contributed by atoms with E-state index in [1.54, 1.807) is 11.3 Å². The predicted molar refractivity (Wildman–Crippen MR) is 82.8 cm³/mol. The lowest BCUT2D eigenvalue weighted by Gasteiger charge is -2.15. The van der Waals surface area contributed by atoms with Crippen LogP contribution in [0.2, 0.25) is 0 Å². The van der Waals surface area contributed by atoms with Crippen LogP contribution in [-0.4, -0.2) is 19.1 Å². The van der Waals surface area contributed by atoms with Crippen LogP contribution in [0.1, 0.15) is 23.1 Å². The SMILES string of the molecule is CCc1nc(N(C)Cc2ccc(F)cc2)sc1CNC. The van der Waals surface area contributed by atoms with E-state index < -0.39 is 0 Å². The molecule has 1 N–H and O–H groups in total. The first-order valence-electron chi connectivity index (χ1n) is 6.72. The molecule has 0 bridgehead atoms. The average molecular weight is 293 g/mol. The van der Waals surface area contributed by atoms with Gasteiger partial charge in [0.15, 0.2) is 5.13 Å². The third-order valence-electron chi connectivity index (χ3n) is 3.10. The van der Waals surface area contributed by atoms with Crippen molar-refractivity contribution in [1.82, 2.24) is 10.3 Å². The molecule has 0 spiro atoms. The molecular weight excluding hydrogens is 273 g/mol. The summed E-state index contributed by atoms with van der Waals surface area (Å²) in [5, 5.41) is 4.19. The fourth-order valence-electron chi connectivity index (χ4n) is 2.04. The van der Waals surface area contributed by atoms with Crippen molar-refractivity contribution in [2.45, 2.75) is 26.4 Å². The summed E-state index contributed by atoms with van der Waals surface area (Å²) in [7, 11) is 3.96. The van der Waals surface area contributed by atoms with E-state index in [1.807, 2.05) is 26.2 Å². The van der Waals surface area contributed by atoms with Crippen LogP contribution in [0.5, 0.6) is 0 Å². The zero-order valence-electron chi connectivity index (χ0n) is 12.1. The Bertz CT molecular complexity index is 551. The Labute approximate surface area is 123 Å². The highest BCUT2D eigenvalue weighted by Crippen LogP contribution is 2.27. The molecule has 1 heterocycles. The smallest absolute Gasteiger partial charge is 0.185 e. The quantitative estimate of drug-likeness (QED) is 0.886. The molecule has 1 aromatic heterocycles. The van der Waals surface area contributed by atoms with Crippen molar-refractivity contribution in [3.05, 3.63) is 46.2 Å². The number of nitrogens with zero attached hydrogens (tertiary/aromatic N) is 2. The minimum Gasteiger partial charge on any atom is -0.347 e. The van der Waals surface area contributed by atoms with Crippen LogP contribution in [0.4, 0.5) is 9.52 Å². The van der Waals surface area contributed by atoms with Gasteiger partial charge in [0.2, 0.25) is 0 Å². The molecular formula is C15H20FN3S. The second-order valence-electron chi connectivity index (χ2n) is 4.73. The molecule has 0 fully saturated rings. The molecule has 3 nitrogen and oxygen atoms in total. The molecule has 0 unspecified atom stereocenters. The summed E-state index contributed by atoms with van der Waals surface area (Å²) in [6.45, 7) is 3.71. The van der Waals surface area contributed by atoms with Crippen molar-refractivity contribution in [1.29, 1.82) is 0 Å². The van der Waals surface area contributed by atoms with E-state index in [0.717, 1.165) is 35.9 Å². The second-order valence-corrected chi connectivity index (χ2v) is 5.79. The molecule has 0 saturated carbocycles. The van der Waals surface area contributed by atoms with Crippen molar-refractivity contribution in [2.24, 2.45) is 0 Å². The third kappa shape index (κ3) is 3.55. The Hall–Kier alpha value is -1.46. The number of rotatable bonds is 6. The molecule has 2 rings (SSSR count). The number of nitrogens with one attached hydrogen (secondary N) is 1. The lowest BCUT2D eigenvalue weighted by Crippen LogP contribution is -2.16. The number of benzene rings is 1. The van der Waals surface area contributed by atoms with Crippen LogP contribution in [0.25, 0.3) is 0 Å². The van der Waals surface area contributed by atoms with Gasteiger partial charge in [0.1, 0.15) is 5.82 Å². The highest BCUT2D eigenvalue weighted by Gasteiger charge is 2.12. The summed E-state index contributed by atoms with van der Waals surface area (Å²) >= 11 is 1.72. The van der Waals surface area contributed by atoms with Crippen LogP contribution in [0, 0.1) is 5.82 Å². The van der Waals surface area contributed by atoms with E-state index >= 15 is 0 Å². The fraction of sp³-hybridized carbons (Fsp3) is 0.400. The highest BCUT2D eigenvalue weighted by molar-refractivity contribution is 7.15. The summed E-state index contributed by atoms with van der Waals surface area (Å²) in [4.78, 5) is 8.09. The molecule has 0 amide bonds. The predicted octanol–water partition coefficient (Wildman–Crippen LogP) is 3.20. The molecule has 108 valence electrons. The van der Waals surface area contributed by atoms with Crippen molar-refractivity contribution < 1.29 is 4.39 Å². The van der Waals surface area contributed by atoms with Gasteiger partial charge >= 0.3 is 0 Å². The van der Waals surface area contributed by atoms with E-state index in [4.69, 9.17) is 4.98 Å². The number of thiazole rings is 1. The largest absolute Gasteiger partial charge is 0.347 e. The van der Waals surface area contributed by atoms with Gasteiger partial charge in [0, 0.05) is 25.0 Å². The maximum atomic E-state index is 12.9. The Balaban J connectivity index is 2.12. The van der Waals surface area contributed by atoms with Crippen molar-refractivity contribution in [3.63, 3.8) is 0 Å². The van der Waals surface area contributed by atoms with Crippen LogP contribution >= 0.6 is 11.3 Å². The number of hydrogen-bond donors (Lipinski definition) is 1. The van der Waals surface area contributed by atoms with Crippen LogP contribution < -0.4 is 10.2 Å². The molecule has 20 heavy (non-hydrogen) atoms. The first kappa shape index (κ1) is 14.9. The maximum Gasteiger partial charge on any atom is 0.185 e. The summed E-state index contributed by atoms with van der Waals surface area (Å²) in [6.07, 6.45) is 0.942. The standard InChI is InChI=1S/C15H20FN3S/c1-4-13-14(9-17-2)20-15(18-13)19(3)10-11-5-7-12(16)8-6-11/h5-8,17H,4,9-10H2,1-3H3. The van der Waals surface area contributed by atoms with Gasteiger partial charge in [-0.05, 0) is 31.2 Å². The second kappa shape index (κ2) is 6.81. The topological polar surface area (TPSA) is 28.2 Å². The number of anilines is 1. The summed E-state index contributed by atoms with van der Waals surface area (Å²) in [6, 6.07) is 6.62. The molecule has 2 aromatic rings. The van der Waals surface area contributed by atoms with Crippen LogP contribution in [-0.2, 0) is 19.5 Å². The van der Waals surface area contributed by atoms with Gasteiger partial charge < -0.3 is 10.2 Å². The van der Waals surface area contributed by atoms with Gasteiger partial charge in [-0.2, -0.15) is 0 Å². The van der Waals surface area contributed by atoms with Crippen molar-refractivity contribution in [2.75, 3.05) is 19.0 Å². The summed E-state index contributed by atoms with van der Waals surface area (Å²) < 4.78 is 12.9. The Morgan fingerprint density at radius 1 is 1.30 bits per heavy atom. The molecule has 0 atom stereocenters. The molecule has 0 aliphatic rings. The van der Waals surface area contributed by atoms with Crippen LogP contribution in [0.15, 0.2) is 24.3 Å². The van der Waals surface area contributed by atoms with Gasteiger partial charge in [-0.1, -0.05) is 19.1 Å². The first-order chi connectivity index (χ1) is 9.63. The van der Waals surface area contributed by atoms with Crippen molar-refractivity contribution in [3.8, 4) is 0 Å². The molecule has 0 saturated heterocycles. The number of aryl methyl sites for hydroxylation is 1. The van der Waals surface area contributed by atoms with Gasteiger partial charge in [-0.15, -0.1) is 11.3 Å². The lowest BCUT2D eigenvalue weighted by molar-refractivity contribution is 0.627. The van der Waals surface area contributed by atoms with Gasteiger partial charge in [0.25, 0.3) is 0 Å². The van der Waals surface area contributed by atoms with E-state index in [0.29, 0.717) is 0 Å². The number of aromatic nitrogens is 1. The van der Waals surface area contributed by atoms with Crippen molar-refractivity contribution >= 4 is 16.5 Å². The Morgan fingerprint density at radius 2 is 2.00 bits per heavy atom. The lowest BCUT2D eigenvalue weighted by atomic mass is 10.2. The van der Waals surface area contributed by atoms with Gasteiger partial charge in [0.05, 0.1) is 5.69 Å². The zero-order valence-corrected chi connectivity index (χ0v) is 12.9. The van der Waals surface area contributed by atoms with E-state index in [9.17, 15) is 4.39 Å². The minimum atomic E-state index is -0.199. The molecule has 0 radical (unpaired) electrons.